The molecule has 1 N–H and O–H groups in total. The number of hydrogen-bond donors (Lipinski definition) is 1. The maximum Gasteiger partial charge on any atom is 0.253 e. The lowest BCUT2D eigenvalue weighted by molar-refractivity contribution is 0.0784. The minimum absolute atomic E-state index is 0.150. The van der Waals surface area contributed by atoms with Crippen molar-refractivity contribution in [1.29, 1.82) is 0 Å². The third-order valence-electron chi connectivity index (χ3n) is 4.25. The number of para-hydroxylation sites is 1. The summed E-state index contributed by atoms with van der Waals surface area (Å²) in [5, 5.41) is 9.82. The molecule has 1 aliphatic heterocycles. The number of rotatable bonds is 4. The molecule has 2 aromatic carbocycles. The van der Waals surface area contributed by atoms with Crippen LogP contribution in [0.1, 0.15) is 22.3 Å². The highest BCUT2D eigenvalue weighted by Crippen LogP contribution is 2.25. The zero-order chi connectivity index (χ0) is 18.0. The smallest absolute Gasteiger partial charge is 0.253 e. The van der Waals surface area contributed by atoms with Crippen LogP contribution in [0.2, 0.25) is 0 Å². The highest BCUT2D eigenvalue weighted by atomic mass is 32.2. The fourth-order valence-electron chi connectivity index (χ4n) is 2.89. The van der Waals surface area contributed by atoms with Crippen LogP contribution in [0.5, 0.6) is 5.75 Å². The average Bonchev–Trinajstić information content (AvgIpc) is 2.95. The third-order valence-corrected chi connectivity index (χ3v) is 6.12. The molecule has 1 heterocycles. The van der Waals surface area contributed by atoms with Crippen LogP contribution in [-0.4, -0.2) is 43.7 Å². The zero-order valence-electron chi connectivity index (χ0n) is 13.9. The highest BCUT2D eigenvalue weighted by Gasteiger charge is 2.28. The summed E-state index contributed by atoms with van der Waals surface area (Å²) in [5.41, 5.74) is 1.72. The molecular formula is C18H20N2O4S. The number of nitrogens with zero attached hydrogens (tertiary/aromatic N) is 2. The van der Waals surface area contributed by atoms with Crippen molar-refractivity contribution < 1.29 is 18.3 Å². The van der Waals surface area contributed by atoms with Gasteiger partial charge in [0.1, 0.15) is 5.75 Å². The Bertz CT molecular complexity index is 878. The monoisotopic (exact) mass is 360 g/mol. The van der Waals surface area contributed by atoms with Gasteiger partial charge in [-0.1, -0.05) is 18.2 Å². The second kappa shape index (κ2) is 6.76. The number of aromatic hydroxyl groups is 1. The van der Waals surface area contributed by atoms with Gasteiger partial charge in [-0.15, -0.1) is 0 Å². The van der Waals surface area contributed by atoms with Gasteiger partial charge in [0.15, 0.2) is 0 Å². The molecule has 3 rings (SSSR count). The molecule has 0 radical (unpaired) electrons. The molecule has 25 heavy (non-hydrogen) atoms. The van der Waals surface area contributed by atoms with Crippen molar-refractivity contribution in [2.75, 3.05) is 23.7 Å². The van der Waals surface area contributed by atoms with Crippen LogP contribution < -0.4 is 4.31 Å². The Balaban J connectivity index is 1.73. The van der Waals surface area contributed by atoms with Crippen LogP contribution in [-0.2, 0) is 16.6 Å². The SMILES string of the molecule is CN(Cc1ccccc1O)C(=O)c1ccc(N2CCCS2(=O)=O)cc1. The van der Waals surface area contributed by atoms with Crippen molar-refractivity contribution in [3.05, 3.63) is 59.7 Å². The fraction of sp³-hybridized carbons (Fsp3) is 0.278. The number of carbonyl (C=O) groups is 1. The number of benzene rings is 2. The van der Waals surface area contributed by atoms with Crippen molar-refractivity contribution in [2.45, 2.75) is 13.0 Å². The molecule has 6 nitrogen and oxygen atoms in total. The largest absolute Gasteiger partial charge is 0.508 e. The molecule has 0 saturated carbocycles. The standard InChI is InChI=1S/C18H20N2O4S/c1-19(13-15-5-2-3-6-17(15)21)18(22)14-7-9-16(10-8-14)20-11-4-12-25(20,23)24/h2-3,5-10,21H,4,11-13H2,1H3. The van der Waals surface area contributed by atoms with E-state index in [1.807, 2.05) is 0 Å². The maximum atomic E-state index is 12.5. The minimum atomic E-state index is -3.22. The second-order valence-corrected chi connectivity index (χ2v) is 8.09. The van der Waals surface area contributed by atoms with E-state index in [4.69, 9.17) is 0 Å². The van der Waals surface area contributed by atoms with Gasteiger partial charge in [0.2, 0.25) is 10.0 Å². The van der Waals surface area contributed by atoms with Crippen LogP contribution in [0.15, 0.2) is 48.5 Å². The van der Waals surface area contributed by atoms with Gasteiger partial charge in [-0.25, -0.2) is 8.42 Å². The summed E-state index contributed by atoms with van der Waals surface area (Å²) in [6.45, 7) is 0.760. The molecule has 132 valence electrons. The maximum absolute atomic E-state index is 12.5. The third kappa shape index (κ3) is 3.61. The number of phenolic OH excluding ortho intramolecular Hbond substituents is 1. The Morgan fingerprint density at radius 2 is 1.84 bits per heavy atom. The first-order chi connectivity index (χ1) is 11.9. The Labute approximate surface area is 147 Å². The topological polar surface area (TPSA) is 77.9 Å². The van der Waals surface area contributed by atoms with Gasteiger partial charge in [-0.3, -0.25) is 9.10 Å². The van der Waals surface area contributed by atoms with E-state index in [9.17, 15) is 18.3 Å². The second-order valence-electron chi connectivity index (χ2n) is 6.08. The van der Waals surface area contributed by atoms with Gasteiger partial charge < -0.3 is 10.0 Å². The van der Waals surface area contributed by atoms with E-state index >= 15 is 0 Å². The van der Waals surface area contributed by atoms with E-state index in [-0.39, 0.29) is 24.0 Å². The van der Waals surface area contributed by atoms with E-state index in [0.717, 1.165) is 0 Å². The first-order valence-corrected chi connectivity index (χ1v) is 9.62. The lowest BCUT2D eigenvalue weighted by Gasteiger charge is -2.20. The summed E-state index contributed by atoms with van der Waals surface area (Å²) in [6, 6.07) is 13.5. The van der Waals surface area contributed by atoms with Gasteiger partial charge in [0, 0.05) is 31.3 Å². The Hall–Kier alpha value is -2.54. The molecule has 0 aromatic heterocycles. The van der Waals surface area contributed by atoms with E-state index in [0.29, 0.717) is 29.8 Å². The van der Waals surface area contributed by atoms with Crippen molar-refractivity contribution in [3.63, 3.8) is 0 Å². The number of carbonyl (C=O) groups excluding carboxylic acids is 1. The van der Waals surface area contributed by atoms with Gasteiger partial charge in [-0.2, -0.15) is 0 Å². The van der Waals surface area contributed by atoms with E-state index in [1.54, 1.807) is 55.6 Å². The van der Waals surface area contributed by atoms with E-state index in [2.05, 4.69) is 0 Å². The Morgan fingerprint density at radius 1 is 1.16 bits per heavy atom. The lowest BCUT2D eigenvalue weighted by Crippen LogP contribution is -2.27. The number of amides is 1. The normalized spacial score (nSPS) is 16.0. The number of phenols is 1. The molecule has 2 aromatic rings. The number of sulfonamides is 1. The molecule has 7 heteroatoms. The minimum Gasteiger partial charge on any atom is -0.508 e. The van der Waals surface area contributed by atoms with E-state index in [1.165, 1.54) is 9.21 Å². The molecule has 0 spiro atoms. The Kier molecular flexibility index (Phi) is 4.67. The fourth-order valence-corrected chi connectivity index (χ4v) is 4.46. The van der Waals surface area contributed by atoms with Crippen LogP contribution in [0.3, 0.4) is 0 Å². The van der Waals surface area contributed by atoms with Gasteiger partial charge in [0.25, 0.3) is 5.91 Å². The van der Waals surface area contributed by atoms with Gasteiger partial charge >= 0.3 is 0 Å². The number of anilines is 1. The predicted molar refractivity (Wildman–Crippen MR) is 96.1 cm³/mol. The molecule has 1 fully saturated rings. The van der Waals surface area contributed by atoms with Crippen molar-refractivity contribution >= 4 is 21.6 Å². The molecule has 0 atom stereocenters. The van der Waals surface area contributed by atoms with Crippen LogP contribution >= 0.6 is 0 Å². The summed E-state index contributed by atoms with van der Waals surface area (Å²) >= 11 is 0. The van der Waals surface area contributed by atoms with Crippen LogP contribution in [0.25, 0.3) is 0 Å². The molecule has 1 amide bonds. The zero-order valence-corrected chi connectivity index (χ0v) is 14.7. The molecular weight excluding hydrogens is 340 g/mol. The first kappa shape index (κ1) is 17.3. The first-order valence-electron chi connectivity index (χ1n) is 8.01. The molecule has 0 bridgehead atoms. The molecule has 1 aliphatic rings. The van der Waals surface area contributed by atoms with E-state index < -0.39 is 10.0 Å². The quantitative estimate of drug-likeness (QED) is 0.907. The summed E-state index contributed by atoms with van der Waals surface area (Å²) < 4.78 is 25.3. The van der Waals surface area contributed by atoms with Crippen LogP contribution in [0.4, 0.5) is 5.69 Å². The highest BCUT2D eigenvalue weighted by molar-refractivity contribution is 7.93. The van der Waals surface area contributed by atoms with Gasteiger partial charge in [0.05, 0.1) is 11.4 Å². The van der Waals surface area contributed by atoms with Crippen LogP contribution in [0, 0.1) is 0 Å². The average molecular weight is 360 g/mol. The summed E-state index contributed by atoms with van der Waals surface area (Å²) in [6.07, 6.45) is 0.617. The summed E-state index contributed by atoms with van der Waals surface area (Å²) in [7, 11) is -1.56. The van der Waals surface area contributed by atoms with Gasteiger partial charge in [-0.05, 0) is 36.8 Å². The molecule has 0 aliphatic carbocycles. The molecule has 0 unspecified atom stereocenters. The Morgan fingerprint density at radius 3 is 2.44 bits per heavy atom. The molecule has 1 saturated heterocycles. The van der Waals surface area contributed by atoms with Crippen molar-refractivity contribution in [3.8, 4) is 5.75 Å². The van der Waals surface area contributed by atoms with Crippen molar-refractivity contribution in [1.82, 2.24) is 4.90 Å². The predicted octanol–water partition coefficient (Wildman–Crippen LogP) is 2.20. The number of hydrogen-bond acceptors (Lipinski definition) is 4. The van der Waals surface area contributed by atoms with Crippen molar-refractivity contribution in [2.24, 2.45) is 0 Å². The lowest BCUT2D eigenvalue weighted by atomic mass is 10.1. The summed E-state index contributed by atoms with van der Waals surface area (Å²) in [5.74, 6) is 0.118. The summed E-state index contributed by atoms with van der Waals surface area (Å²) in [4.78, 5) is 14.0.